The first kappa shape index (κ1) is 23.9. The molecule has 3 aromatic rings. The Kier molecular flexibility index (Phi) is 7.40. The molecule has 7 nitrogen and oxygen atoms in total. The fraction of sp³-hybridized carbons (Fsp3) is 0.222. The van der Waals surface area contributed by atoms with Crippen molar-refractivity contribution in [2.75, 3.05) is 31.2 Å². The number of ether oxygens (including phenoxy) is 2. The van der Waals surface area contributed by atoms with E-state index < -0.39 is 0 Å². The minimum atomic E-state index is -0.385. The monoisotopic (exact) mass is 476 g/mol. The van der Waals surface area contributed by atoms with Gasteiger partial charge in [0.25, 0.3) is 5.91 Å². The smallest absolute Gasteiger partial charge is 0.265 e. The van der Waals surface area contributed by atoms with E-state index in [1.54, 1.807) is 19.1 Å². The van der Waals surface area contributed by atoms with Crippen LogP contribution in [0.3, 0.4) is 0 Å². The van der Waals surface area contributed by atoms with Gasteiger partial charge >= 0.3 is 0 Å². The van der Waals surface area contributed by atoms with Gasteiger partial charge in [0.05, 0.1) is 5.69 Å². The maximum atomic E-state index is 13.3. The molecule has 4 rings (SSSR count). The van der Waals surface area contributed by atoms with Gasteiger partial charge in [0.2, 0.25) is 5.91 Å². The predicted molar refractivity (Wildman–Crippen MR) is 128 cm³/mol. The number of nitrogens with zero attached hydrogens (tertiary/aromatic N) is 1. The fourth-order valence-corrected chi connectivity index (χ4v) is 3.74. The third kappa shape index (κ3) is 6.03. The first-order chi connectivity index (χ1) is 16.9. The van der Waals surface area contributed by atoms with Crippen LogP contribution < -0.4 is 19.7 Å². The van der Waals surface area contributed by atoms with Gasteiger partial charge < -0.3 is 14.8 Å². The lowest BCUT2D eigenvalue weighted by Gasteiger charge is -2.29. The Hall–Kier alpha value is -4.20. The second-order valence-corrected chi connectivity index (χ2v) is 8.16. The summed E-state index contributed by atoms with van der Waals surface area (Å²) in [5.41, 5.74) is 2.33. The molecule has 8 heteroatoms. The van der Waals surface area contributed by atoms with Crippen molar-refractivity contribution in [2.45, 2.75) is 13.3 Å². The first-order valence-corrected chi connectivity index (χ1v) is 11.2. The van der Waals surface area contributed by atoms with E-state index in [2.05, 4.69) is 5.32 Å². The topological polar surface area (TPSA) is 84.9 Å². The van der Waals surface area contributed by atoms with Gasteiger partial charge in [-0.3, -0.25) is 19.3 Å². The number of fused-ring (bicyclic) bond motifs is 1. The van der Waals surface area contributed by atoms with Crippen LogP contribution in [0.25, 0.3) is 0 Å². The van der Waals surface area contributed by atoms with Crippen molar-refractivity contribution >= 4 is 23.3 Å². The molecule has 0 radical (unpaired) electrons. The molecule has 0 saturated heterocycles. The van der Waals surface area contributed by atoms with E-state index in [0.717, 1.165) is 5.56 Å². The van der Waals surface area contributed by atoms with Crippen LogP contribution in [0, 0.1) is 12.7 Å². The van der Waals surface area contributed by atoms with Gasteiger partial charge in [0, 0.05) is 12.1 Å². The number of aryl methyl sites for hydroxylation is 1. The highest BCUT2D eigenvalue weighted by molar-refractivity contribution is 6.04. The van der Waals surface area contributed by atoms with Crippen molar-refractivity contribution < 1.29 is 28.2 Å². The van der Waals surface area contributed by atoms with E-state index in [1.807, 2.05) is 30.3 Å². The summed E-state index contributed by atoms with van der Waals surface area (Å²) in [6, 6.07) is 18.5. The van der Waals surface area contributed by atoms with E-state index in [1.165, 1.54) is 29.2 Å². The zero-order valence-electron chi connectivity index (χ0n) is 19.3. The maximum absolute atomic E-state index is 13.3. The SMILES string of the molecule is Cc1cc(F)ccc1OCC(=O)c1ccc2c(c1)N(CC(=O)NCCc1ccccc1)C(=O)CO2. The van der Waals surface area contributed by atoms with E-state index in [-0.39, 0.29) is 43.2 Å². The largest absolute Gasteiger partial charge is 0.485 e. The standard InChI is InChI=1S/C27H25FN2O5/c1-18-13-21(28)8-10-24(18)34-16-23(31)20-7-9-25-22(14-20)30(27(33)17-35-25)15-26(32)29-12-11-19-5-3-2-4-6-19/h2-10,13-14H,11-12,15-17H2,1H3,(H,29,32). The molecule has 0 atom stereocenters. The Morgan fingerprint density at radius 2 is 1.89 bits per heavy atom. The third-order valence-corrected chi connectivity index (χ3v) is 5.60. The number of hydrogen-bond acceptors (Lipinski definition) is 5. The molecule has 1 N–H and O–H groups in total. The van der Waals surface area contributed by atoms with Crippen molar-refractivity contribution in [3.8, 4) is 11.5 Å². The molecule has 0 saturated carbocycles. The molecule has 3 aromatic carbocycles. The minimum absolute atomic E-state index is 0.188. The number of carbonyl (C=O) groups is 3. The van der Waals surface area contributed by atoms with Crippen LogP contribution in [0.4, 0.5) is 10.1 Å². The molecule has 0 fully saturated rings. The third-order valence-electron chi connectivity index (χ3n) is 5.60. The summed E-state index contributed by atoms with van der Waals surface area (Å²) in [5, 5.41) is 2.83. The lowest BCUT2D eigenvalue weighted by Crippen LogP contribution is -2.45. The summed E-state index contributed by atoms with van der Waals surface area (Å²) in [4.78, 5) is 39.1. The first-order valence-electron chi connectivity index (χ1n) is 11.2. The molecule has 1 aliphatic heterocycles. The number of ketones is 1. The second-order valence-electron chi connectivity index (χ2n) is 8.16. The van der Waals surface area contributed by atoms with Crippen LogP contribution >= 0.6 is 0 Å². The summed E-state index contributed by atoms with van der Waals surface area (Å²) in [6.45, 7) is 1.48. The lowest BCUT2D eigenvalue weighted by atomic mass is 10.1. The highest BCUT2D eigenvalue weighted by Crippen LogP contribution is 2.33. The van der Waals surface area contributed by atoms with Gasteiger partial charge in [0.15, 0.2) is 19.0 Å². The number of anilines is 1. The molecule has 0 spiro atoms. The van der Waals surface area contributed by atoms with E-state index in [9.17, 15) is 18.8 Å². The zero-order chi connectivity index (χ0) is 24.8. The Morgan fingerprint density at radius 1 is 1.09 bits per heavy atom. The molecule has 0 aliphatic carbocycles. The van der Waals surface area contributed by atoms with Crippen LogP contribution in [0.5, 0.6) is 11.5 Å². The highest BCUT2D eigenvalue weighted by Gasteiger charge is 2.28. The van der Waals surface area contributed by atoms with Crippen LogP contribution in [0.2, 0.25) is 0 Å². The zero-order valence-corrected chi connectivity index (χ0v) is 19.3. The number of amides is 2. The molecule has 1 heterocycles. The predicted octanol–water partition coefficient (Wildman–Crippen LogP) is 3.48. The normalized spacial score (nSPS) is 12.5. The summed E-state index contributed by atoms with van der Waals surface area (Å²) in [5.74, 6) is -0.586. The van der Waals surface area contributed by atoms with E-state index in [4.69, 9.17) is 9.47 Å². The molecular weight excluding hydrogens is 451 g/mol. The molecular formula is C27H25FN2O5. The van der Waals surface area contributed by atoms with Gasteiger partial charge in [-0.15, -0.1) is 0 Å². The van der Waals surface area contributed by atoms with Gasteiger partial charge in [-0.05, 0) is 60.9 Å². The van der Waals surface area contributed by atoms with Crippen LogP contribution in [0.15, 0.2) is 66.7 Å². The van der Waals surface area contributed by atoms with Crippen molar-refractivity contribution in [1.29, 1.82) is 0 Å². The van der Waals surface area contributed by atoms with Crippen molar-refractivity contribution in [3.05, 3.63) is 89.2 Å². The number of carbonyl (C=O) groups excluding carboxylic acids is 3. The molecule has 0 aromatic heterocycles. The Bertz CT molecular complexity index is 1250. The van der Waals surface area contributed by atoms with Crippen LogP contribution in [0.1, 0.15) is 21.5 Å². The number of halogens is 1. The minimum Gasteiger partial charge on any atom is -0.485 e. The van der Waals surface area contributed by atoms with Gasteiger partial charge in [-0.2, -0.15) is 0 Å². The summed E-state index contributed by atoms with van der Waals surface area (Å²) in [6.07, 6.45) is 0.673. The van der Waals surface area contributed by atoms with Crippen molar-refractivity contribution in [1.82, 2.24) is 5.32 Å². The molecule has 2 amide bonds. The highest BCUT2D eigenvalue weighted by atomic mass is 19.1. The average Bonchev–Trinajstić information content (AvgIpc) is 2.85. The molecule has 180 valence electrons. The molecule has 1 aliphatic rings. The number of Topliss-reactive ketones (excluding diaryl/α,β-unsaturated/α-hetero) is 1. The molecule has 0 bridgehead atoms. The number of nitrogens with one attached hydrogen (secondary N) is 1. The summed E-state index contributed by atoms with van der Waals surface area (Å²) >= 11 is 0. The Labute approximate surface area is 202 Å². The Morgan fingerprint density at radius 3 is 2.66 bits per heavy atom. The Balaban J connectivity index is 1.40. The van der Waals surface area contributed by atoms with Crippen LogP contribution in [-0.4, -0.2) is 43.9 Å². The van der Waals surface area contributed by atoms with Gasteiger partial charge in [-0.1, -0.05) is 30.3 Å². The van der Waals surface area contributed by atoms with Crippen LogP contribution in [-0.2, 0) is 16.0 Å². The molecule has 35 heavy (non-hydrogen) atoms. The van der Waals surface area contributed by atoms with Crippen molar-refractivity contribution in [3.63, 3.8) is 0 Å². The second kappa shape index (κ2) is 10.8. The van der Waals surface area contributed by atoms with Gasteiger partial charge in [-0.25, -0.2) is 4.39 Å². The van der Waals surface area contributed by atoms with E-state index >= 15 is 0 Å². The van der Waals surface area contributed by atoms with Gasteiger partial charge in [0.1, 0.15) is 23.9 Å². The number of rotatable bonds is 9. The lowest BCUT2D eigenvalue weighted by molar-refractivity contribution is -0.125. The number of hydrogen-bond donors (Lipinski definition) is 1. The summed E-state index contributed by atoms with van der Waals surface area (Å²) in [7, 11) is 0. The maximum Gasteiger partial charge on any atom is 0.265 e. The van der Waals surface area contributed by atoms with Crippen molar-refractivity contribution in [2.24, 2.45) is 0 Å². The quantitative estimate of drug-likeness (QED) is 0.478. The average molecular weight is 477 g/mol. The fourth-order valence-electron chi connectivity index (χ4n) is 3.74. The van der Waals surface area contributed by atoms with E-state index in [0.29, 0.717) is 41.3 Å². The number of benzene rings is 3. The molecule has 0 unspecified atom stereocenters. The summed E-state index contributed by atoms with van der Waals surface area (Å²) < 4.78 is 24.3.